The molecule has 0 aliphatic heterocycles. The van der Waals surface area contributed by atoms with E-state index in [1.165, 1.54) is 32.1 Å². The molecule has 0 amide bonds. The minimum absolute atomic E-state index is 0.0919. The minimum atomic E-state index is -4.28. The number of unbranched alkanes of at least 4 members (excludes halogenated alkanes) is 11. The molecule has 0 aromatic carbocycles. The van der Waals surface area contributed by atoms with Crippen molar-refractivity contribution >= 4 is 13.8 Å². The fourth-order valence-electron chi connectivity index (χ4n) is 5.09. The van der Waals surface area contributed by atoms with Crippen LogP contribution in [-0.2, 0) is 27.9 Å². The van der Waals surface area contributed by atoms with Gasteiger partial charge in [0.1, 0.15) is 6.10 Å². The molecule has 0 aliphatic carbocycles. The lowest BCUT2D eigenvalue weighted by atomic mass is 10.1. The number of carbonyl (C=O) groups is 1. The number of nitrogens with two attached hydrogens (primary N) is 1. The zero-order valence-corrected chi connectivity index (χ0v) is 34.4. The second-order valence-electron chi connectivity index (χ2n) is 13.1. The molecule has 53 heavy (non-hydrogen) atoms. The quantitative estimate of drug-likeness (QED) is 0.0276. The average Bonchev–Trinajstić information content (AvgIpc) is 3.15. The number of hydrogen-bond donors (Lipinski definition) is 2. The summed E-state index contributed by atoms with van der Waals surface area (Å²) in [5.41, 5.74) is 5.35. The molecule has 0 spiro atoms. The predicted octanol–water partition coefficient (Wildman–Crippen LogP) is 12.1. The fourth-order valence-corrected chi connectivity index (χ4v) is 5.86. The SMILES string of the molecule is CC/C=C\C/C=C\C/C=C\C/C=C\C/C=C\C/C=C\C/C=C\CCCCCCOCC(COP(=O)(O)OCCN)OC(=O)CCCCCCCCCC. The smallest absolute Gasteiger partial charge is 0.457 e. The van der Waals surface area contributed by atoms with Crippen LogP contribution in [0, 0.1) is 0 Å². The Labute approximate surface area is 324 Å². The Morgan fingerprint density at radius 2 is 1.06 bits per heavy atom. The number of carbonyl (C=O) groups excluding carboxylic acids is 1. The van der Waals surface area contributed by atoms with Gasteiger partial charge < -0.3 is 20.1 Å². The van der Waals surface area contributed by atoms with E-state index in [1.54, 1.807) is 0 Å². The third-order valence-corrected chi connectivity index (χ3v) is 9.06. The Morgan fingerprint density at radius 3 is 1.58 bits per heavy atom. The number of phosphoric acid groups is 1. The van der Waals surface area contributed by atoms with Gasteiger partial charge in [0.25, 0.3) is 0 Å². The summed E-state index contributed by atoms with van der Waals surface area (Å²) in [4.78, 5) is 22.3. The molecule has 0 rings (SSSR count). The summed E-state index contributed by atoms with van der Waals surface area (Å²) >= 11 is 0. The molecule has 0 fully saturated rings. The number of allylic oxidation sites excluding steroid dienone is 14. The van der Waals surface area contributed by atoms with Gasteiger partial charge >= 0.3 is 13.8 Å². The summed E-state index contributed by atoms with van der Waals surface area (Å²) in [6.07, 6.45) is 51.9. The lowest BCUT2D eigenvalue weighted by molar-refractivity contribution is -0.154. The summed E-state index contributed by atoms with van der Waals surface area (Å²) in [6.45, 7) is 4.68. The molecular formula is C44H76NO7P. The Hall–Kier alpha value is -2.32. The van der Waals surface area contributed by atoms with Crippen LogP contribution in [0.1, 0.15) is 149 Å². The second kappa shape index (κ2) is 40.9. The molecule has 9 heteroatoms. The zero-order valence-electron chi connectivity index (χ0n) is 33.5. The first-order valence-corrected chi connectivity index (χ1v) is 22.1. The zero-order chi connectivity index (χ0) is 38.8. The van der Waals surface area contributed by atoms with Crippen LogP contribution < -0.4 is 5.73 Å². The molecule has 3 N–H and O–H groups in total. The summed E-state index contributed by atoms with van der Waals surface area (Å²) in [5.74, 6) is -0.349. The van der Waals surface area contributed by atoms with E-state index in [0.717, 1.165) is 96.3 Å². The maximum Gasteiger partial charge on any atom is 0.472 e. The van der Waals surface area contributed by atoms with Crippen molar-refractivity contribution in [3.8, 4) is 0 Å². The summed E-state index contributed by atoms with van der Waals surface area (Å²) in [7, 11) is -4.28. The van der Waals surface area contributed by atoms with Crippen molar-refractivity contribution in [3.63, 3.8) is 0 Å². The van der Waals surface area contributed by atoms with Gasteiger partial charge in [-0.2, -0.15) is 0 Å². The van der Waals surface area contributed by atoms with Crippen molar-refractivity contribution in [1.29, 1.82) is 0 Å². The summed E-state index contributed by atoms with van der Waals surface area (Å²) in [5, 5.41) is 0. The normalized spacial score (nSPS) is 14.4. The molecule has 2 unspecified atom stereocenters. The van der Waals surface area contributed by atoms with Crippen molar-refractivity contribution in [2.45, 2.75) is 155 Å². The van der Waals surface area contributed by atoms with Crippen molar-refractivity contribution in [1.82, 2.24) is 0 Å². The van der Waals surface area contributed by atoms with Gasteiger partial charge in [0.2, 0.25) is 0 Å². The van der Waals surface area contributed by atoms with E-state index in [4.69, 9.17) is 24.3 Å². The molecule has 8 nitrogen and oxygen atoms in total. The fraction of sp³-hybridized carbons (Fsp3) is 0.659. The highest BCUT2D eigenvalue weighted by Gasteiger charge is 2.25. The summed E-state index contributed by atoms with van der Waals surface area (Å²) < 4.78 is 33.2. The van der Waals surface area contributed by atoms with Crippen LogP contribution in [0.3, 0.4) is 0 Å². The van der Waals surface area contributed by atoms with Crippen LogP contribution in [0.15, 0.2) is 85.1 Å². The molecular weight excluding hydrogens is 685 g/mol. The molecule has 0 radical (unpaired) electrons. The number of esters is 1. The minimum Gasteiger partial charge on any atom is -0.457 e. The lowest BCUT2D eigenvalue weighted by Crippen LogP contribution is -2.28. The predicted molar refractivity (Wildman–Crippen MR) is 224 cm³/mol. The average molecular weight is 762 g/mol. The van der Waals surface area contributed by atoms with Crippen LogP contribution in [0.2, 0.25) is 0 Å². The molecule has 0 heterocycles. The van der Waals surface area contributed by atoms with Gasteiger partial charge in [-0.05, 0) is 70.6 Å². The number of hydrogen-bond acceptors (Lipinski definition) is 7. The van der Waals surface area contributed by atoms with E-state index in [-0.39, 0.29) is 32.3 Å². The van der Waals surface area contributed by atoms with E-state index in [0.29, 0.717) is 13.0 Å². The lowest BCUT2D eigenvalue weighted by Gasteiger charge is -2.20. The van der Waals surface area contributed by atoms with Gasteiger partial charge in [-0.25, -0.2) is 4.57 Å². The van der Waals surface area contributed by atoms with E-state index in [9.17, 15) is 14.3 Å². The number of ether oxygens (including phenoxy) is 2. The Morgan fingerprint density at radius 1 is 0.585 bits per heavy atom. The maximum absolute atomic E-state index is 12.5. The van der Waals surface area contributed by atoms with Crippen LogP contribution >= 0.6 is 7.82 Å². The third kappa shape index (κ3) is 40.7. The molecule has 0 saturated carbocycles. The number of phosphoric ester groups is 1. The van der Waals surface area contributed by atoms with Gasteiger partial charge in [0.15, 0.2) is 0 Å². The molecule has 304 valence electrons. The van der Waals surface area contributed by atoms with E-state index in [2.05, 4.69) is 98.9 Å². The monoisotopic (exact) mass is 762 g/mol. The van der Waals surface area contributed by atoms with E-state index < -0.39 is 13.9 Å². The second-order valence-corrected chi connectivity index (χ2v) is 14.6. The van der Waals surface area contributed by atoms with Gasteiger partial charge in [0, 0.05) is 19.6 Å². The molecule has 2 atom stereocenters. The standard InChI is InChI=1S/C44H76NO7P/c1-3-5-7-9-11-13-14-15-16-17-18-19-20-21-22-23-24-25-26-27-28-29-30-32-34-36-39-49-41-43(42-51-53(47,48)50-40-38-45)52-44(46)37-35-33-31-12-10-8-6-4-2/h5,7,11,13,15-16,18-19,21-22,24-25,27-28,43H,3-4,6,8-10,12,14,17,20,23,26,29-42,45H2,1-2H3,(H,47,48)/b7-5-,13-11-,16-15-,19-18-,22-21-,25-24-,28-27-. The van der Waals surface area contributed by atoms with E-state index >= 15 is 0 Å². The van der Waals surface area contributed by atoms with Gasteiger partial charge in [-0.3, -0.25) is 13.8 Å². The van der Waals surface area contributed by atoms with Gasteiger partial charge in [0.05, 0.1) is 19.8 Å². The van der Waals surface area contributed by atoms with E-state index in [1.807, 2.05) is 0 Å². The highest BCUT2D eigenvalue weighted by molar-refractivity contribution is 7.47. The summed E-state index contributed by atoms with van der Waals surface area (Å²) in [6, 6.07) is 0. The van der Waals surface area contributed by atoms with Crippen molar-refractivity contribution < 1.29 is 32.8 Å². The Bertz CT molecular complexity index is 1080. The van der Waals surface area contributed by atoms with Crippen molar-refractivity contribution in [2.75, 3.05) is 33.0 Å². The first-order chi connectivity index (χ1) is 25.9. The van der Waals surface area contributed by atoms with Crippen molar-refractivity contribution in [2.24, 2.45) is 5.73 Å². The molecule has 0 aliphatic rings. The topological polar surface area (TPSA) is 117 Å². The third-order valence-electron chi connectivity index (χ3n) is 8.08. The van der Waals surface area contributed by atoms with Crippen LogP contribution in [0.5, 0.6) is 0 Å². The highest BCUT2D eigenvalue weighted by Crippen LogP contribution is 2.43. The van der Waals surface area contributed by atoms with Gasteiger partial charge in [-0.15, -0.1) is 0 Å². The highest BCUT2D eigenvalue weighted by atomic mass is 31.2. The maximum atomic E-state index is 12.5. The molecule has 0 aromatic heterocycles. The number of rotatable bonds is 38. The molecule has 0 bridgehead atoms. The molecule has 0 aromatic rings. The van der Waals surface area contributed by atoms with Crippen LogP contribution in [-0.4, -0.2) is 49.9 Å². The Kier molecular flexibility index (Phi) is 39.1. The largest absolute Gasteiger partial charge is 0.472 e. The molecule has 0 saturated heterocycles. The first kappa shape index (κ1) is 50.7. The van der Waals surface area contributed by atoms with Gasteiger partial charge in [-0.1, -0.05) is 157 Å². The van der Waals surface area contributed by atoms with Crippen LogP contribution in [0.25, 0.3) is 0 Å². The Balaban J connectivity index is 4.03. The first-order valence-electron chi connectivity index (χ1n) is 20.6. The van der Waals surface area contributed by atoms with Crippen molar-refractivity contribution in [3.05, 3.63) is 85.1 Å². The van der Waals surface area contributed by atoms with Crippen LogP contribution in [0.4, 0.5) is 0 Å².